The Bertz CT molecular complexity index is 210. The van der Waals surface area contributed by atoms with Crippen LogP contribution in [0.4, 0.5) is 0 Å². The van der Waals surface area contributed by atoms with Crippen molar-refractivity contribution in [2.45, 2.75) is 19.9 Å². The molecule has 0 aromatic heterocycles. The standard InChI is InChI=1S/C10H14BrN/c1-2-8-12(11)9-10-6-4-3-5-7-10/h3-7H,2,8-9H2,1H3. The highest BCUT2D eigenvalue weighted by atomic mass is 79.9. The highest BCUT2D eigenvalue weighted by Gasteiger charge is 1.98. The zero-order valence-corrected chi connectivity index (χ0v) is 8.92. The van der Waals surface area contributed by atoms with Gasteiger partial charge in [0.15, 0.2) is 0 Å². The molecule has 12 heavy (non-hydrogen) atoms. The van der Waals surface area contributed by atoms with Crippen LogP contribution in [0.15, 0.2) is 30.3 Å². The normalized spacial score (nSPS) is 10.6. The van der Waals surface area contributed by atoms with Crippen molar-refractivity contribution in [1.82, 2.24) is 3.93 Å². The SMILES string of the molecule is CCCN(Br)Cc1ccccc1. The Labute approximate surface area is 82.7 Å². The van der Waals surface area contributed by atoms with Gasteiger partial charge in [-0.3, -0.25) is 0 Å². The minimum atomic E-state index is 0.981. The van der Waals surface area contributed by atoms with Crippen molar-refractivity contribution in [2.75, 3.05) is 6.54 Å². The van der Waals surface area contributed by atoms with Gasteiger partial charge in [-0.1, -0.05) is 37.3 Å². The van der Waals surface area contributed by atoms with Crippen molar-refractivity contribution in [3.63, 3.8) is 0 Å². The molecule has 1 aromatic carbocycles. The Morgan fingerprint density at radius 1 is 1.25 bits per heavy atom. The fraction of sp³-hybridized carbons (Fsp3) is 0.400. The quantitative estimate of drug-likeness (QED) is 0.715. The second-order valence-electron chi connectivity index (χ2n) is 2.83. The lowest BCUT2D eigenvalue weighted by Crippen LogP contribution is -2.11. The zero-order valence-electron chi connectivity index (χ0n) is 7.33. The summed E-state index contributed by atoms with van der Waals surface area (Å²) in [6.45, 7) is 4.25. The third kappa shape index (κ3) is 3.37. The highest BCUT2D eigenvalue weighted by molar-refractivity contribution is 9.07. The summed E-state index contributed by atoms with van der Waals surface area (Å²) in [6, 6.07) is 10.5. The molecule has 0 spiro atoms. The average molecular weight is 228 g/mol. The van der Waals surface area contributed by atoms with Gasteiger partial charge in [-0.05, 0) is 12.0 Å². The van der Waals surface area contributed by atoms with E-state index in [0.717, 1.165) is 13.1 Å². The molecule has 0 aliphatic heterocycles. The Kier molecular flexibility index (Phi) is 4.33. The predicted molar refractivity (Wildman–Crippen MR) is 56.1 cm³/mol. The van der Waals surface area contributed by atoms with E-state index in [1.54, 1.807) is 0 Å². The third-order valence-electron chi connectivity index (χ3n) is 1.66. The van der Waals surface area contributed by atoms with Gasteiger partial charge < -0.3 is 0 Å². The summed E-state index contributed by atoms with van der Waals surface area (Å²) in [5.74, 6) is 0. The molecule has 0 fully saturated rings. The molecule has 66 valence electrons. The van der Waals surface area contributed by atoms with Gasteiger partial charge in [0.1, 0.15) is 0 Å². The van der Waals surface area contributed by atoms with E-state index in [1.165, 1.54) is 12.0 Å². The fourth-order valence-electron chi connectivity index (χ4n) is 1.10. The molecule has 0 unspecified atom stereocenters. The molecule has 0 heterocycles. The second-order valence-corrected chi connectivity index (χ2v) is 3.83. The summed E-state index contributed by atoms with van der Waals surface area (Å²) >= 11 is 3.51. The molecule has 0 atom stereocenters. The lowest BCUT2D eigenvalue weighted by atomic mass is 10.2. The molecular weight excluding hydrogens is 214 g/mol. The number of benzene rings is 1. The van der Waals surface area contributed by atoms with Crippen LogP contribution in [-0.2, 0) is 6.54 Å². The Morgan fingerprint density at radius 3 is 2.50 bits per heavy atom. The summed E-state index contributed by atoms with van der Waals surface area (Å²) in [5.41, 5.74) is 1.35. The maximum Gasteiger partial charge on any atom is 0.0343 e. The molecule has 0 saturated carbocycles. The summed E-state index contributed by atoms with van der Waals surface area (Å²) in [5, 5.41) is 0. The number of hydrogen-bond acceptors (Lipinski definition) is 1. The summed E-state index contributed by atoms with van der Waals surface area (Å²) in [7, 11) is 0. The average Bonchev–Trinajstić information content (AvgIpc) is 2.06. The van der Waals surface area contributed by atoms with Crippen LogP contribution in [0.1, 0.15) is 18.9 Å². The minimum Gasteiger partial charge on any atom is -0.238 e. The van der Waals surface area contributed by atoms with Crippen molar-refractivity contribution in [3.05, 3.63) is 35.9 Å². The molecule has 0 saturated heterocycles. The van der Waals surface area contributed by atoms with Gasteiger partial charge in [-0.15, -0.1) is 0 Å². The molecule has 0 radical (unpaired) electrons. The molecule has 0 bridgehead atoms. The maximum atomic E-state index is 3.51. The molecule has 0 N–H and O–H groups in total. The first-order valence-corrected chi connectivity index (χ1v) is 4.98. The molecule has 0 aliphatic carbocycles. The van der Waals surface area contributed by atoms with Gasteiger partial charge in [-0.2, -0.15) is 0 Å². The summed E-state index contributed by atoms with van der Waals surface area (Å²) in [4.78, 5) is 0. The molecule has 0 amide bonds. The van der Waals surface area contributed by atoms with Gasteiger partial charge in [0.2, 0.25) is 0 Å². The van der Waals surface area contributed by atoms with Gasteiger partial charge in [-0.25, -0.2) is 3.93 Å². The Hall–Kier alpha value is -0.340. The van der Waals surface area contributed by atoms with Crippen LogP contribution in [0.3, 0.4) is 0 Å². The van der Waals surface area contributed by atoms with Crippen LogP contribution in [0.5, 0.6) is 0 Å². The lowest BCUT2D eigenvalue weighted by molar-refractivity contribution is 0.482. The van der Waals surface area contributed by atoms with E-state index in [2.05, 4.69) is 51.3 Å². The van der Waals surface area contributed by atoms with E-state index in [1.807, 2.05) is 6.07 Å². The van der Waals surface area contributed by atoms with Crippen LogP contribution in [0, 0.1) is 0 Å². The van der Waals surface area contributed by atoms with Crippen LogP contribution in [-0.4, -0.2) is 10.5 Å². The number of hydrogen-bond donors (Lipinski definition) is 0. The predicted octanol–water partition coefficient (Wildman–Crippen LogP) is 3.21. The van der Waals surface area contributed by atoms with Crippen molar-refractivity contribution in [1.29, 1.82) is 0 Å². The van der Waals surface area contributed by atoms with E-state index in [0.29, 0.717) is 0 Å². The zero-order chi connectivity index (χ0) is 8.81. The maximum absolute atomic E-state index is 3.51. The first-order valence-electron chi connectivity index (χ1n) is 4.27. The first-order chi connectivity index (χ1) is 5.83. The fourth-order valence-corrected chi connectivity index (χ4v) is 1.75. The van der Waals surface area contributed by atoms with Crippen molar-refractivity contribution < 1.29 is 0 Å². The highest BCUT2D eigenvalue weighted by Crippen LogP contribution is 2.08. The molecule has 1 aromatic rings. The van der Waals surface area contributed by atoms with Gasteiger partial charge >= 0.3 is 0 Å². The van der Waals surface area contributed by atoms with Crippen molar-refractivity contribution >= 4 is 16.1 Å². The molecule has 0 aliphatic rings. The van der Waals surface area contributed by atoms with Crippen LogP contribution in [0.2, 0.25) is 0 Å². The first kappa shape index (κ1) is 9.75. The van der Waals surface area contributed by atoms with Crippen molar-refractivity contribution in [3.8, 4) is 0 Å². The summed E-state index contributed by atoms with van der Waals surface area (Å²) < 4.78 is 2.16. The number of rotatable bonds is 4. The Balaban J connectivity index is 2.41. The topological polar surface area (TPSA) is 3.24 Å². The Morgan fingerprint density at radius 2 is 1.92 bits per heavy atom. The summed E-state index contributed by atoms with van der Waals surface area (Å²) in [6.07, 6.45) is 1.18. The largest absolute Gasteiger partial charge is 0.238 e. The van der Waals surface area contributed by atoms with E-state index in [9.17, 15) is 0 Å². The van der Waals surface area contributed by atoms with Gasteiger partial charge in [0.05, 0.1) is 0 Å². The van der Waals surface area contributed by atoms with E-state index >= 15 is 0 Å². The molecular formula is C10H14BrN. The lowest BCUT2D eigenvalue weighted by Gasteiger charge is -2.12. The molecule has 1 rings (SSSR count). The minimum absolute atomic E-state index is 0.981. The number of halogens is 1. The smallest absolute Gasteiger partial charge is 0.0343 e. The molecule has 2 heteroatoms. The molecule has 1 nitrogen and oxygen atoms in total. The monoisotopic (exact) mass is 227 g/mol. The van der Waals surface area contributed by atoms with Crippen LogP contribution in [0.25, 0.3) is 0 Å². The van der Waals surface area contributed by atoms with Gasteiger partial charge in [0.25, 0.3) is 0 Å². The second kappa shape index (κ2) is 5.33. The van der Waals surface area contributed by atoms with Gasteiger partial charge in [0, 0.05) is 29.2 Å². The van der Waals surface area contributed by atoms with Crippen molar-refractivity contribution in [2.24, 2.45) is 0 Å². The van der Waals surface area contributed by atoms with E-state index in [4.69, 9.17) is 0 Å². The van der Waals surface area contributed by atoms with E-state index < -0.39 is 0 Å². The van der Waals surface area contributed by atoms with E-state index in [-0.39, 0.29) is 0 Å². The van der Waals surface area contributed by atoms with Crippen LogP contribution >= 0.6 is 16.1 Å². The number of nitrogens with zero attached hydrogens (tertiary/aromatic N) is 1. The van der Waals surface area contributed by atoms with Crippen LogP contribution < -0.4 is 0 Å². The third-order valence-corrected chi connectivity index (χ3v) is 2.27.